The van der Waals surface area contributed by atoms with E-state index in [9.17, 15) is 8.42 Å². The highest BCUT2D eigenvalue weighted by Gasteiger charge is 2.32. The number of anilines is 1. The third-order valence-corrected chi connectivity index (χ3v) is 8.19. The van der Waals surface area contributed by atoms with Crippen molar-refractivity contribution in [3.8, 4) is 16.2 Å². The summed E-state index contributed by atoms with van der Waals surface area (Å²) in [6.07, 6.45) is 2.02. The molecule has 0 unspecified atom stereocenters. The molecule has 1 saturated heterocycles. The molecule has 3 rings (SSSR count). The van der Waals surface area contributed by atoms with Crippen molar-refractivity contribution in [2.24, 2.45) is 5.92 Å². The molecule has 3 N–H and O–H groups in total. The Kier molecular flexibility index (Phi) is 7.59. The number of hydrogen-bond donors (Lipinski definition) is 3. The fourth-order valence-electron chi connectivity index (χ4n) is 3.80. The summed E-state index contributed by atoms with van der Waals surface area (Å²) in [5.41, 5.74) is 1.44. The third kappa shape index (κ3) is 5.56. The number of sulfonamides is 1. The van der Waals surface area contributed by atoms with Gasteiger partial charge in [0, 0.05) is 25.3 Å². The van der Waals surface area contributed by atoms with E-state index in [1.165, 1.54) is 18.4 Å². The molecule has 1 aliphatic heterocycles. The molecule has 0 atom stereocenters. The lowest BCUT2D eigenvalue weighted by molar-refractivity contribution is 0.0491. The van der Waals surface area contributed by atoms with E-state index in [2.05, 4.69) is 23.9 Å². The molecule has 1 aliphatic rings. The maximum atomic E-state index is 12.7. The maximum Gasteiger partial charge on any atom is 0.244 e. The number of aliphatic hydroxyl groups excluding tert-OH is 1. The van der Waals surface area contributed by atoms with Crippen LogP contribution >= 0.6 is 11.3 Å². The Morgan fingerprint density at radius 1 is 1.32 bits per heavy atom. The molecule has 0 aliphatic carbocycles. The lowest BCUT2D eigenvalue weighted by Crippen LogP contribution is -2.42. The minimum Gasteiger partial charge on any atom is -0.495 e. The Hall–Kier alpha value is -1.72. The zero-order chi connectivity index (χ0) is 22.6. The minimum absolute atomic E-state index is 0.0331. The zero-order valence-electron chi connectivity index (χ0n) is 18.4. The molecule has 0 saturated carbocycles. The molecule has 8 nitrogen and oxygen atoms in total. The van der Waals surface area contributed by atoms with Gasteiger partial charge in [-0.15, -0.1) is 0 Å². The van der Waals surface area contributed by atoms with Crippen LogP contribution in [-0.2, 0) is 14.8 Å². The highest BCUT2D eigenvalue weighted by Crippen LogP contribution is 2.38. The van der Waals surface area contributed by atoms with E-state index in [4.69, 9.17) is 19.6 Å². The maximum absolute atomic E-state index is 12.7. The van der Waals surface area contributed by atoms with Crippen molar-refractivity contribution in [2.75, 3.05) is 38.8 Å². The zero-order valence-corrected chi connectivity index (χ0v) is 20.0. The first-order valence-electron chi connectivity index (χ1n) is 10.3. The van der Waals surface area contributed by atoms with Crippen LogP contribution in [-0.4, -0.2) is 57.5 Å². The van der Waals surface area contributed by atoms with Gasteiger partial charge >= 0.3 is 0 Å². The van der Waals surface area contributed by atoms with E-state index in [1.54, 1.807) is 12.1 Å². The number of methoxy groups -OCH3 is 1. The summed E-state index contributed by atoms with van der Waals surface area (Å²) in [5.74, 6) is 0.736. The number of nitrogens with one attached hydrogen (secondary N) is 2. The Labute approximate surface area is 188 Å². The van der Waals surface area contributed by atoms with Crippen molar-refractivity contribution in [3.63, 3.8) is 0 Å². The average Bonchev–Trinajstić information content (AvgIpc) is 3.11. The Morgan fingerprint density at radius 2 is 2.03 bits per heavy atom. The molecule has 0 radical (unpaired) electrons. The second-order valence-corrected chi connectivity index (χ2v) is 10.9. The van der Waals surface area contributed by atoms with E-state index >= 15 is 0 Å². The van der Waals surface area contributed by atoms with E-state index in [-0.39, 0.29) is 29.3 Å². The first-order valence-corrected chi connectivity index (χ1v) is 12.6. The summed E-state index contributed by atoms with van der Waals surface area (Å²) in [7, 11) is -2.39. The van der Waals surface area contributed by atoms with Crippen LogP contribution in [0.4, 0.5) is 5.13 Å². The number of hydrogen-bond acceptors (Lipinski definition) is 8. The Bertz CT molecular complexity index is 998. The largest absolute Gasteiger partial charge is 0.495 e. The summed E-state index contributed by atoms with van der Waals surface area (Å²) < 4.78 is 38.5. The molecular weight excluding hydrogens is 438 g/mol. The quantitative estimate of drug-likeness (QED) is 0.518. The van der Waals surface area contributed by atoms with Crippen LogP contribution in [0.1, 0.15) is 32.4 Å². The van der Waals surface area contributed by atoms with Crippen molar-refractivity contribution < 1.29 is 23.0 Å². The van der Waals surface area contributed by atoms with E-state index < -0.39 is 10.0 Å². The van der Waals surface area contributed by atoms with Gasteiger partial charge in [-0.2, -0.15) is 0 Å². The number of ether oxygens (including phenoxy) is 2. The van der Waals surface area contributed by atoms with Crippen LogP contribution in [0.3, 0.4) is 0 Å². The number of rotatable bonds is 9. The Balaban J connectivity index is 1.90. The topological polar surface area (TPSA) is 110 Å². The number of benzene rings is 1. The second kappa shape index (κ2) is 9.83. The highest BCUT2D eigenvalue weighted by molar-refractivity contribution is 7.89. The molecule has 1 aromatic carbocycles. The molecule has 2 aromatic rings. The second-order valence-electron chi connectivity index (χ2n) is 8.15. The monoisotopic (exact) mass is 469 g/mol. The van der Waals surface area contributed by atoms with Crippen LogP contribution < -0.4 is 14.8 Å². The van der Waals surface area contributed by atoms with Gasteiger partial charge < -0.3 is 19.9 Å². The fourth-order valence-corrected chi connectivity index (χ4v) is 6.14. The van der Waals surface area contributed by atoms with Gasteiger partial charge in [0.25, 0.3) is 0 Å². The van der Waals surface area contributed by atoms with Gasteiger partial charge in [-0.25, -0.2) is 18.1 Å². The predicted octanol–water partition coefficient (Wildman–Crippen LogP) is 3.01. The fraction of sp³-hybridized carbons (Fsp3) is 0.571. The smallest absolute Gasteiger partial charge is 0.244 e. The summed E-state index contributed by atoms with van der Waals surface area (Å²) in [6.45, 7) is 7.50. The van der Waals surface area contributed by atoms with Gasteiger partial charge in [-0.05, 0) is 63.3 Å². The van der Waals surface area contributed by atoms with E-state index in [0.717, 1.165) is 47.3 Å². The summed E-state index contributed by atoms with van der Waals surface area (Å²) in [6, 6.07) is 5.06. The normalized spacial score (nSPS) is 15.8. The number of thiazole rings is 1. The van der Waals surface area contributed by atoms with E-state index in [0.29, 0.717) is 5.92 Å². The average molecular weight is 470 g/mol. The molecule has 2 heterocycles. The van der Waals surface area contributed by atoms with Gasteiger partial charge in [0.15, 0.2) is 5.13 Å². The predicted molar refractivity (Wildman–Crippen MR) is 122 cm³/mol. The molecule has 31 heavy (non-hydrogen) atoms. The van der Waals surface area contributed by atoms with Crippen molar-refractivity contribution in [2.45, 2.75) is 44.0 Å². The van der Waals surface area contributed by atoms with Crippen molar-refractivity contribution >= 4 is 26.5 Å². The summed E-state index contributed by atoms with van der Waals surface area (Å²) in [4.78, 5) is 5.63. The van der Waals surface area contributed by atoms with Crippen LogP contribution in [0.2, 0.25) is 0 Å². The summed E-state index contributed by atoms with van der Waals surface area (Å²) >= 11 is 1.50. The third-order valence-electron chi connectivity index (χ3n) is 5.59. The first kappa shape index (κ1) is 23.9. The first-order chi connectivity index (χ1) is 14.7. The van der Waals surface area contributed by atoms with Crippen LogP contribution in [0, 0.1) is 12.8 Å². The number of aryl methyl sites for hydroxylation is 1. The van der Waals surface area contributed by atoms with Gasteiger partial charge in [0.2, 0.25) is 10.0 Å². The molecule has 10 heteroatoms. The van der Waals surface area contributed by atoms with E-state index in [1.807, 2.05) is 13.0 Å². The standard InChI is InChI=1S/C21H31N3O5S2/c1-14-19(30-20(23-14)24-21(2,3)16-7-11-29-12-8-16)15-5-6-17(28-4)18(13-15)31(26,27)22-9-10-25/h5-6,13,16,22,25H,7-12H2,1-4H3,(H,23,24). The van der Waals surface area contributed by atoms with Crippen LogP contribution in [0.5, 0.6) is 5.75 Å². The van der Waals surface area contributed by atoms with Crippen molar-refractivity contribution in [1.29, 1.82) is 0 Å². The number of aromatic nitrogens is 1. The van der Waals surface area contributed by atoms with Crippen molar-refractivity contribution in [1.82, 2.24) is 9.71 Å². The van der Waals surface area contributed by atoms with Gasteiger partial charge in [-0.3, -0.25) is 0 Å². The molecule has 1 fully saturated rings. The molecule has 0 bridgehead atoms. The SMILES string of the molecule is COc1ccc(-c2sc(NC(C)(C)C3CCOCC3)nc2C)cc1S(=O)(=O)NCCO. The van der Waals surface area contributed by atoms with Crippen LogP contribution in [0.15, 0.2) is 23.1 Å². The molecule has 172 valence electrons. The number of aliphatic hydroxyl groups is 1. The lowest BCUT2D eigenvalue weighted by Gasteiger charge is -2.37. The highest BCUT2D eigenvalue weighted by atomic mass is 32.2. The molecule has 0 amide bonds. The van der Waals surface area contributed by atoms with Gasteiger partial charge in [-0.1, -0.05) is 11.3 Å². The molecular formula is C21H31N3O5S2. The molecule has 0 spiro atoms. The minimum atomic E-state index is -3.82. The number of nitrogens with zero attached hydrogens (tertiary/aromatic N) is 1. The van der Waals surface area contributed by atoms with Gasteiger partial charge in [0.1, 0.15) is 10.6 Å². The molecule has 1 aromatic heterocycles. The Morgan fingerprint density at radius 3 is 2.68 bits per heavy atom. The van der Waals surface area contributed by atoms with Crippen LogP contribution in [0.25, 0.3) is 10.4 Å². The summed E-state index contributed by atoms with van der Waals surface area (Å²) in [5, 5.41) is 13.4. The van der Waals surface area contributed by atoms with Crippen molar-refractivity contribution in [3.05, 3.63) is 23.9 Å². The lowest BCUT2D eigenvalue weighted by atomic mass is 9.82. The van der Waals surface area contributed by atoms with Gasteiger partial charge in [0.05, 0.1) is 24.3 Å².